The minimum absolute atomic E-state index is 0.171. The van der Waals surface area contributed by atoms with E-state index in [1.165, 1.54) is 29.3 Å². The summed E-state index contributed by atoms with van der Waals surface area (Å²) in [6.45, 7) is 2.08. The average molecular weight is 338 g/mol. The largest absolute Gasteiger partial charge is 0.464 e. The Balaban J connectivity index is 2.16. The van der Waals surface area contributed by atoms with Crippen LogP contribution in [-0.2, 0) is 20.8 Å². The third-order valence-electron chi connectivity index (χ3n) is 2.89. The maximum atomic E-state index is 11.7. The molecule has 0 N–H and O–H groups in total. The fraction of sp³-hybridized carbons (Fsp3) is 0.385. The van der Waals surface area contributed by atoms with Crippen molar-refractivity contribution in [2.75, 3.05) is 13.7 Å². The monoisotopic (exact) mass is 338 g/mol. The van der Waals surface area contributed by atoms with Gasteiger partial charge in [0.05, 0.1) is 26.5 Å². The zero-order valence-corrected chi connectivity index (χ0v) is 13.3. The van der Waals surface area contributed by atoms with Gasteiger partial charge in [0.25, 0.3) is 0 Å². The normalized spacial score (nSPS) is 11.7. The molecule has 0 spiro atoms. The summed E-state index contributed by atoms with van der Waals surface area (Å²) in [5.41, 5.74) is 0.206. The van der Waals surface area contributed by atoms with E-state index in [-0.39, 0.29) is 18.8 Å². The van der Waals surface area contributed by atoms with E-state index in [1.807, 2.05) is 0 Å². The number of hydrogen-bond donors (Lipinski definition) is 0. The number of aromatic nitrogens is 3. The fourth-order valence-corrected chi connectivity index (χ4v) is 2.86. The Bertz CT molecular complexity index is 711. The molecule has 1 unspecified atom stereocenters. The van der Waals surface area contributed by atoms with Crippen LogP contribution >= 0.6 is 11.3 Å². The van der Waals surface area contributed by atoms with Gasteiger partial charge >= 0.3 is 11.9 Å². The van der Waals surface area contributed by atoms with E-state index in [1.54, 1.807) is 19.1 Å². The average Bonchev–Trinajstić information content (AvgIpc) is 3.18. The number of methoxy groups -OCH3 is 1. The Morgan fingerprint density at radius 2 is 2.22 bits per heavy atom. The Labute approximate surface area is 135 Å². The van der Waals surface area contributed by atoms with Gasteiger partial charge in [-0.25, -0.2) is 14.3 Å². The summed E-state index contributed by atoms with van der Waals surface area (Å²) >= 11 is 1.21. The lowest BCUT2D eigenvalue weighted by Crippen LogP contribution is -2.13. The molecule has 122 valence electrons. The lowest BCUT2D eigenvalue weighted by atomic mass is 10.2. The van der Waals surface area contributed by atoms with E-state index in [0.29, 0.717) is 4.88 Å². The van der Waals surface area contributed by atoms with Gasteiger partial charge in [-0.05, 0) is 24.2 Å². The Morgan fingerprint density at radius 3 is 2.87 bits per heavy atom. The number of ether oxygens (including phenoxy) is 2. The Morgan fingerprint density at radius 1 is 1.43 bits per heavy atom. The summed E-state index contributed by atoms with van der Waals surface area (Å²) in [6, 6.07) is 2.15. The molecular formula is C13H14N4O5S. The summed E-state index contributed by atoms with van der Waals surface area (Å²) in [4.78, 5) is 35.4. The summed E-state index contributed by atoms with van der Waals surface area (Å²) in [5.74, 6) is -1.24. The molecule has 0 aliphatic carbocycles. The zero-order chi connectivity index (χ0) is 16.8. The van der Waals surface area contributed by atoms with Gasteiger partial charge in [-0.3, -0.25) is 0 Å². The van der Waals surface area contributed by atoms with Crippen molar-refractivity contribution in [1.82, 2.24) is 15.0 Å². The fourth-order valence-electron chi connectivity index (χ4n) is 1.84. The highest BCUT2D eigenvalue weighted by Gasteiger charge is 2.25. The van der Waals surface area contributed by atoms with Crippen LogP contribution in [0.4, 0.5) is 0 Å². The van der Waals surface area contributed by atoms with Crippen molar-refractivity contribution in [2.45, 2.75) is 19.5 Å². The number of hydrogen-bond acceptors (Lipinski definition) is 9. The lowest BCUT2D eigenvalue weighted by molar-refractivity contribution is -0.144. The highest BCUT2D eigenvalue weighted by atomic mass is 32.1. The van der Waals surface area contributed by atoms with Crippen LogP contribution in [0.3, 0.4) is 0 Å². The van der Waals surface area contributed by atoms with Gasteiger partial charge in [0.15, 0.2) is 5.69 Å². The predicted molar refractivity (Wildman–Crippen MR) is 80.0 cm³/mol. The van der Waals surface area contributed by atoms with Crippen LogP contribution in [0.15, 0.2) is 23.5 Å². The molecular weight excluding hydrogens is 324 g/mol. The first-order valence-electron chi connectivity index (χ1n) is 6.65. The molecule has 2 rings (SSSR count). The van der Waals surface area contributed by atoms with Gasteiger partial charge in [-0.2, -0.15) is 0 Å². The smallest absolute Gasteiger partial charge is 0.358 e. The second-order valence-corrected chi connectivity index (χ2v) is 5.53. The topological polar surface area (TPSA) is 113 Å². The van der Waals surface area contributed by atoms with E-state index < -0.39 is 18.0 Å². The molecule has 1 atom stereocenters. The third-order valence-corrected chi connectivity index (χ3v) is 4.01. The third kappa shape index (κ3) is 3.77. The van der Waals surface area contributed by atoms with Crippen LogP contribution in [0.5, 0.6) is 0 Å². The molecule has 0 aromatic carbocycles. The zero-order valence-electron chi connectivity index (χ0n) is 12.5. The first-order valence-corrected chi connectivity index (χ1v) is 7.46. The summed E-state index contributed by atoms with van der Waals surface area (Å²) < 4.78 is 10.8. The van der Waals surface area contributed by atoms with Crippen molar-refractivity contribution >= 4 is 23.3 Å². The number of nitrogens with zero attached hydrogens (tertiary/aromatic N) is 4. The predicted octanol–water partition coefficient (Wildman–Crippen LogP) is 1.55. The van der Waals surface area contributed by atoms with Crippen molar-refractivity contribution in [3.8, 4) is 0 Å². The molecule has 0 radical (unpaired) electrons. The highest BCUT2D eigenvalue weighted by molar-refractivity contribution is 7.12. The van der Waals surface area contributed by atoms with Crippen molar-refractivity contribution in [3.63, 3.8) is 0 Å². The molecule has 0 amide bonds. The maximum Gasteiger partial charge on any atom is 0.358 e. The molecule has 0 saturated heterocycles. The Kier molecular flexibility index (Phi) is 5.52. The van der Waals surface area contributed by atoms with Gasteiger partial charge in [0, 0.05) is 9.75 Å². The first kappa shape index (κ1) is 16.7. The number of carbonyl (C=O) groups excluding carboxylic acids is 2. The number of carbonyl (C=O) groups is 2. The van der Waals surface area contributed by atoms with Crippen LogP contribution in [0.1, 0.15) is 33.2 Å². The molecule has 2 aromatic rings. The molecule has 2 aromatic heterocycles. The number of thiophene rings is 1. The maximum absolute atomic E-state index is 11.7. The van der Waals surface area contributed by atoms with Crippen LogP contribution in [0.25, 0.3) is 0 Å². The molecule has 0 fully saturated rings. The van der Waals surface area contributed by atoms with Gasteiger partial charge in [-0.1, -0.05) is 5.21 Å². The number of rotatable bonds is 7. The molecule has 0 bridgehead atoms. The van der Waals surface area contributed by atoms with E-state index in [9.17, 15) is 14.5 Å². The standard InChI is InChI=1S/C13H14N4O5S/c1-3-22-13(19)11(15-20)10-5-4-8(23-10)7-17-9(6-14-16-17)12(18)21-2/h4-6,11H,3,7H2,1-2H3. The second kappa shape index (κ2) is 7.58. The lowest BCUT2D eigenvalue weighted by Gasteiger charge is -2.05. The van der Waals surface area contributed by atoms with E-state index in [4.69, 9.17) is 4.74 Å². The van der Waals surface area contributed by atoms with Crippen LogP contribution in [0, 0.1) is 4.91 Å². The molecule has 0 aliphatic rings. The van der Waals surface area contributed by atoms with Crippen LogP contribution in [0.2, 0.25) is 0 Å². The van der Waals surface area contributed by atoms with Crippen molar-refractivity contribution < 1.29 is 19.1 Å². The van der Waals surface area contributed by atoms with Crippen LogP contribution in [-0.4, -0.2) is 40.6 Å². The van der Waals surface area contributed by atoms with Crippen molar-refractivity contribution in [1.29, 1.82) is 0 Å². The quantitative estimate of drug-likeness (QED) is 0.556. The summed E-state index contributed by atoms with van der Waals surface area (Å²) in [6.07, 6.45) is 1.30. The molecule has 2 heterocycles. The molecule has 9 nitrogen and oxygen atoms in total. The minimum Gasteiger partial charge on any atom is -0.464 e. The molecule has 0 saturated carbocycles. The summed E-state index contributed by atoms with van der Waals surface area (Å²) in [7, 11) is 1.27. The van der Waals surface area contributed by atoms with E-state index in [0.717, 1.165) is 4.88 Å². The van der Waals surface area contributed by atoms with Gasteiger partial charge in [0.1, 0.15) is 0 Å². The number of esters is 2. The number of nitroso groups, excluding NO2 is 1. The van der Waals surface area contributed by atoms with Crippen molar-refractivity contribution in [3.05, 3.63) is 38.7 Å². The Hall–Kier alpha value is -2.62. The first-order chi connectivity index (χ1) is 11.1. The molecule has 23 heavy (non-hydrogen) atoms. The second-order valence-electron chi connectivity index (χ2n) is 4.33. The van der Waals surface area contributed by atoms with Gasteiger partial charge in [0.2, 0.25) is 6.04 Å². The van der Waals surface area contributed by atoms with Gasteiger partial charge < -0.3 is 9.47 Å². The minimum atomic E-state index is -1.19. The van der Waals surface area contributed by atoms with E-state index >= 15 is 0 Å². The van der Waals surface area contributed by atoms with E-state index in [2.05, 4.69) is 20.2 Å². The molecule has 10 heteroatoms. The highest BCUT2D eigenvalue weighted by Crippen LogP contribution is 2.27. The van der Waals surface area contributed by atoms with Crippen LogP contribution < -0.4 is 0 Å². The molecule has 0 aliphatic heterocycles. The van der Waals surface area contributed by atoms with Gasteiger partial charge in [-0.15, -0.1) is 21.3 Å². The SMILES string of the molecule is CCOC(=O)C(N=O)c1ccc(Cn2nncc2C(=O)OC)s1. The van der Waals surface area contributed by atoms with Crippen molar-refractivity contribution in [2.24, 2.45) is 5.18 Å². The summed E-state index contributed by atoms with van der Waals surface area (Å²) in [5, 5.41) is 10.3.